The number of hydrogen-bond donors (Lipinski definition) is 0. The van der Waals surface area contributed by atoms with Crippen LogP contribution in [-0.4, -0.2) is 7.11 Å². The predicted molar refractivity (Wildman–Crippen MR) is 46.5 cm³/mol. The Balaban J connectivity index is 3.47. The Bertz CT molecular complexity index is 414. The van der Waals surface area contributed by atoms with Crippen LogP contribution < -0.4 is 4.74 Å². The first-order valence-electron chi connectivity index (χ1n) is 3.69. The number of nitrogens with zero attached hydrogens (tertiary/aromatic N) is 3. The molecule has 1 aromatic rings. The molecule has 0 heterocycles. The maximum Gasteiger partial charge on any atom is 0.168 e. The average Bonchev–Trinajstić information content (AvgIpc) is 2.19. The molecular weight excluding hydrogens is 192 g/mol. The second-order valence-electron chi connectivity index (χ2n) is 2.54. The molecule has 0 aliphatic heterocycles. The van der Waals surface area contributed by atoms with E-state index in [1.807, 2.05) is 0 Å². The molecule has 0 bridgehead atoms. The lowest BCUT2D eigenvalue weighted by Crippen LogP contribution is -1.94. The van der Waals surface area contributed by atoms with Crippen LogP contribution in [0.4, 0.5) is 14.5 Å². The third-order valence-electron chi connectivity index (χ3n) is 1.76. The first-order chi connectivity index (χ1) is 6.61. The van der Waals surface area contributed by atoms with Gasteiger partial charge in [-0.3, -0.25) is 0 Å². The number of methoxy groups -OCH3 is 1. The molecule has 0 amide bonds. The van der Waals surface area contributed by atoms with Crippen LogP contribution in [0.5, 0.6) is 5.75 Å². The highest BCUT2D eigenvalue weighted by Crippen LogP contribution is 2.30. The summed E-state index contributed by atoms with van der Waals surface area (Å²) in [5.41, 5.74) is 7.73. The van der Waals surface area contributed by atoms with Crippen LogP contribution in [0, 0.1) is 18.6 Å². The molecule has 0 saturated carbocycles. The molecule has 0 radical (unpaired) electrons. The third-order valence-corrected chi connectivity index (χ3v) is 1.76. The molecule has 6 heteroatoms. The van der Waals surface area contributed by atoms with Crippen molar-refractivity contribution in [2.24, 2.45) is 5.11 Å². The van der Waals surface area contributed by atoms with Crippen LogP contribution in [-0.2, 0) is 0 Å². The van der Waals surface area contributed by atoms with Crippen LogP contribution in [0.25, 0.3) is 10.4 Å². The topological polar surface area (TPSA) is 58.0 Å². The number of halogens is 2. The van der Waals surface area contributed by atoms with Crippen molar-refractivity contribution in [3.05, 3.63) is 33.7 Å². The van der Waals surface area contributed by atoms with E-state index < -0.39 is 17.3 Å². The van der Waals surface area contributed by atoms with Gasteiger partial charge in [0.2, 0.25) is 0 Å². The van der Waals surface area contributed by atoms with Crippen molar-refractivity contribution in [1.82, 2.24) is 0 Å². The van der Waals surface area contributed by atoms with E-state index in [1.165, 1.54) is 14.0 Å². The van der Waals surface area contributed by atoms with Crippen molar-refractivity contribution in [3.8, 4) is 5.75 Å². The minimum atomic E-state index is -1.17. The molecule has 0 atom stereocenters. The van der Waals surface area contributed by atoms with Crippen molar-refractivity contribution < 1.29 is 13.5 Å². The van der Waals surface area contributed by atoms with E-state index in [0.29, 0.717) is 0 Å². The van der Waals surface area contributed by atoms with E-state index in [2.05, 4.69) is 10.0 Å². The zero-order valence-electron chi connectivity index (χ0n) is 7.58. The molecule has 14 heavy (non-hydrogen) atoms. The maximum absolute atomic E-state index is 13.1. The van der Waals surface area contributed by atoms with Crippen LogP contribution >= 0.6 is 0 Å². The molecule has 0 aromatic heterocycles. The van der Waals surface area contributed by atoms with Crippen molar-refractivity contribution in [2.75, 3.05) is 7.11 Å². The molecule has 0 saturated heterocycles. The number of benzene rings is 1. The van der Waals surface area contributed by atoms with Crippen molar-refractivity contribution >= 4 is 5.69 Å². The molecule has 0 aliphatic rings. The lowest BCUT2D eigenvalue weighted by atomic mass is 10.2. The van der Waals surface area contributed by atoms with Crippen molar-refractivity contribution in [2.45, 2.75) is 6.92 Å². The summed E-state index contributed by atoms with van der Waals surface area (Å²) in [6.45, 7) is 1.37. The highest BCUT2D eigenvalue weighted by atomic mass is 19.2. The number of ether oxygens (including phenoxy) is 1. The van der Waals surface area contributed by atoms with Gasteiger partial charge in [-0.05, 0) is 18.5 Å². The molecule has 0 unspecified atom stereocenters. The number of rotatable bonds is 2. The van der Waals surface area contributed by atoms with Crippen molar-refractivity contribution in [1.29, 1.82) is 0 Å². The van der Waals surface area contributed by atoms with Gasteiger partial charge in [-0.15, -0.1) is 0 Å². The molecule has 1 aromatic carbocycles. The molecule has 0 fully saturated rings. The third kappa shape index (κ3) is 1.60. The molecule has 74 valence electrons. The second kappa shape index (κ2) is 3.93. The SMILES string of the molecule is COc1cc(N=[N+]=[N-])c(F)c(F)c1C. The van der Waals surface area contributed by atoms with Crippen LogP contribution in [0.3, 0.4) is 0 Å². The molecule has 0 aliphatic carbocycles. The van der Waals surface area contributed by atoms with Gasteiger partial charge in [0.05, 0.1) is 12.8 Å². The molecule has 1 rings (SSSR count). The molecule has 4 nitrogen and oxygen atoms in total. The Morgan fingerprint density at radius 3 is 2.57 bits per heavy atom. The highest BCUT2D eigenvalue weighted by Gasteiger charge is 2.14. The fraction of sp³-hybridized carbons (Fsp3) is 0.250. The van der Waals surface area contributed by atoms with Gasteiger partial charge in [0.1, 0.15) is 5.75 Å². The summed E-state index contributed by atoms with van der Waals surface area (Å²) >= 11 is 0. The molecule has 0 spiro atoms. The Hall–Kier alpha value is -1.81. The predicted octanol–water partition coefficient (Wildman–Crippen LogP) is 3.22. The normalized spacial score (nSPS) is 9.43. The van der Waals surface area contributed by atoms with Crippen molar-refractivity contribution in [3.63, 3.8) is 0 Å². The number of azide groups is 1. The van der Waals surface area contributed by atoms with E-state index >= 15 is 0 Å². The van der Waals surface area contributed by atoms with E-state index in [1.54, 1.807) is 0 Å². The largest absolute Gasteiger partial charge is 0.496 e. The quantitative estimate of drug-likeness (QED) is 0.409. The Morgan fingerprint density at radius 2 is 2.07 bits per heavy atom. The second-order valence-corrected chi connectivity index (χ2v) is 2.54. The summed E-state index contributed by atoms with van der Waals surface area (Å²) in [5, 5.41) is 3.00. The fourth-order valence-electron chi connectivity index (χ4n) is 1.01. The lowest BCUT2D eigenvalue weighted by molar-refractivity contribution is 0.402. The smallest absolute Gasteiger partial charge is 0.168 e. The summed E-state index contributed by atoms with van der Waals surface area (Å²) in [5.74, 6) is -2.08. The van der Waals surface area contributed by atoms with Gasteiger partial charge in [0, 0.05) is 10.5 Å². The Labute approximate surface area is 78.7 Å². The Morgan fingerprint density at radius 1 is 1.43 bits per heavy atom. The summed E-state index contributed by atoms with van der Waals surface area (Å²) < 4.78 is 31.0. The van der Waals surface area contributed by atoms with Gasteiger partial charge >= 0.3 is 0 Å². The average molecular weight is 199 g/mol. The lowest BCUT2D eigenvalue weighted by Gasteiger charge is -2.07. The van der Waals surface area contributed by atoms with Gasteiger partial charge in [0.25, 0.3) is 0 Å². The zero-order chi connectivity index (χ0) is 10.7. The van der Waals surface area contributed by atoms with Gasteiger partial charge in [0.15, 0.2) is 11.6 Å². The first-order valence-corrected chi connectivity index (χ1v) is 3.69. The van der Waals surface area contributed by atoms with Gasteiger partial charge in [-0.2, -0.15) is 0 Å². The van der Waals surface area contributed by atoms with E-state index in [9.17, 15) is 8.78 Å². The summed E-state index contributed by atoms with van der Waals surface area (Å²) in [7, 11) is 1.32. The van der Waals surface area contributed by atoms with Gasteiger partial charge < -0.3 is 4.74 Å². The van der Waals surface area contributed by atoms with E-state index in [-0.39, 0.29) is 11.3 Å². The Kier molecular flexibility index (Phi) is 2.89. The van der Waals surface area contributed by atoms with Crippen LogP contribution in [0.1, 0.15) is 5.56 Å². The highest BCUT2D eigenvalue weighted by molar-refractivity contribution is 5.49. The fourth-order valence-corrected chi connectivity index (χ4v) is 1.01. The zero-order valence-corrected chi connectivity index (χ0v) is 7.58. The summed E-state index contributed by atoms with van der Waals surface area (Å²) in [4.78, 5) is 2.38. The van der Waals surface area contributed by atoms with Gasteiger partial charge in [-0.1, -0.05) is 5.11 Å². The van der Waals surface area contributed by atoms with E-state index in [0.717, 1.165) is 6.07 Å². The van der Waals surface area contributed by atoms with Gasteiger partial charge in [-0.25, -0.2) is 8.78 Å². The standard InChI is InChI=1S/C8H7F2N3O/c1-4-6(14-2)3-5(12-13-11)8(10)7(4)9/h3H,1-2H3. The minimum absolute atomic E-state index is 0.0434. The monoisotopic (exact) mass is 199 g/mol. The maximum atomic E-state index is 13.1. The minimum Gasteiger partial charge on any atom is -0.496 e. The molecule has 0 N–H and O–H groups in total. The summed E-state index contributed by atoms with van der Waals surface area (Å²) in [6.07, 6.45) is 0. The van der Waals surface area contributed by atoms with Crippen LogP contribution in [0.15, 0.2) is 11.2 Å². The number of hydrogen-bond acceptors (Lipinski definition) is 2. The van der Waals surface area contributed by atoms with Crippen LogP contribution in [0.2, 0.25) is 0 Å². The molecular formula is C8H7F2N3O. The van der Waals surface area contributed by atoms with E-state index in [4.69, 9.17) is 10.3 Å². The first kappa shape index (κ1) is 10.3. The summed E-state index contributed by atoms with van der Waals surface area (Å²) in [6, 6.07) is 1.15.